The Morgan fingerprint density at radius 2 is 2.05 bits per heavy atom. The predicted molar refractivity (Wildman–Crippen MR) is 78.8 cm³/mol. The molecule has 0 saturated carbocycles. The van der Waals surface area contributed by atoms with Crippen LogP contribution in [0.2, 0.25) is 0 Å². The van der Waals surface area contributed by atoms with Crippen LogP contribution in [0.3, 0.4) is 0 Å². The molecule has 2 aromatic heterocycles. The van der Waals surface area contributed by atoms with Crippen LogP contribution in [0, 0.1) is 13.8 Å². The van der Waals surface area contributed by atoms with E-state index in [2.05, 4.69) is 5.10 Å². The Morgan fingerprint density at radius 1 is 1.35 bits per heavy atom. The van der Waals surface area contributed by atoms with E-state index in [1.807, 2.05) is 62.9 Å². The summed E-state index contributed by atoms with van der Waals surface area (Å²) in [6, 6.07) is 1.97. The Kier molecular flexibility index (Phi) is 4.09. The molecule has 0 aromatic carbocycles. The van der Waals surface area contributed by atoms with Crippen LogP contribution in [-0.4, -0.2) is 38.6 Å². The highest BCUT2D eigenvalue weighted by atomic mass is 16.1. The zero-order chi connectivity index (χ0) is 14.9. The number of carbonyl (C=O) groups excluding carboxylic acids is 1. The lowest BCUT2D eigenvalue weighted by Crippen LogP contribution is -2.25. The normalized spacial score (nSPS) is 11.3. The Balaban J connectivity index is 2.02. The summed E-state index contributed by atoms with van der Waals surface area (Å²) >= 11 is 0. The molecule has 0 amide bonds. The average Bonchev–Trinajstić information content (AvgIpc) is 2.88. The van der Waals surface area contributed by atoms with E-state index in [1.165, 1.54) is 0 Å². The fourth-order valence-electron chi connectivity index (χ4n) is 2.39. The summed E-state index contributed by atoms with van der Waals surface area (Å²) in [6.45, 7) is 5.15. The number of carbonyl (C=O) groups is 1. The first kappa shape index (κ1) is 14.5. The van der Waals surface area contributed by atoms with Crippen molar-refractivity contribution >= 4 is 5.78 Å². The standard InChI is InChI=1S/C15H22N4O/c1-11-6-14(12(2)19(11)5)15(20)10-17(3)8-13-7-16-18(4)9-13/h6-7,9H,8,10H2,1-5H3. The number of nitrogens with zero attached hydrogens (tertiary/aromatic N) is 4. The van der Waals surface area contributed by atoms with Gasteiger partial charge < -0.3 is 4.57 Å². The van der Waals surface area contributed by atoms with Crippen LogP contribution in [0.25, 0.3) is 0 Å². The maximum absolute atomic E-state index is 12.4. The highest BCUT2D eigenvalue weighted by Crippen LogP contribution is 2.14. The Hall–Kier alpha value is -1.88. The Bertz CT molecular complexity index is 624. The van der Waals surface area contributed by atoms with Crippen molar-refractivity contribution < 1.29 is 4.79 Å². The summed E-state index contributed by atoms with van der Waals surface area (Å²) in [5.41, 5.74) is 4.08. The van der Waals surface area contributed by atoms with Crippen molar-refractivity contribution in [3.63, 3.8) is 0 Å². The minimum atomic E-state index is 0.164. The molecule has 2 rings (SSSR count). The number of aryl methyl sites for hydroxylation is 2. The van der Waals surface area contributed by atoms with E-state index >= 15 is 0 Å². The number of likely N-dealkylation sites (N-methyl/N-ethyl adjacent to an activating group) is 1. The van der Waals surface area contributed by atoms with Crippen LogP contribution in [0.4, 0.5) is 0 Å². The van der Waals surface area contributed by atoms with Gasteiger partial charge in [0.15, 0.2) is 5.78 Å². The molecule has 0 aliphatic carbocycles. The van der Waals surface area contributed by atoms with Gasteiger partial charge in [-0.2, -0.15) is 5.10 Å². The number of ketones is 1. The van der Waals surface area contributed by atoms with Gasteiger partial charge in [-0.1, -0.05) is 0 Å². The second kappa shape index (κ2) is 5.63. The molecule has 0 fully saturated rings. The molecule has 0 radical (unpaired) electrons. The van der Waals surface area contributed by atoms with Gasteiger partial charge in [0, 0.05) is 49.4 Å². The first-order chi connectivity index (χ1) is 9.38. The van der Waals surface area contributed by atoms with Crippen LogP contribution in [0.1, 0.15) is 27.3 Å². The van der Waals surface area contributed by atoms with E-state index in [0.29, 0.717) is 6.54 Å². The molecule has 0 aliphatic heterocycles. The summed E-state index contributed by atoms with van der Waals surface area (Å²) in [7, 11) is 5.83. The van der Waals surface area contributed by atoms with Crippen molar-refractivity contribution in [2.45, 2.75) is 20.4 Å². The molecular weight excluding hydrogens is 252 g/mol. The van der Waals surface area contributed by atoms with E-state index < -0.39 is 0 Å². The van der Waals surface area contributed by atoms with Gasteiger partial charge in [-0.05, 0) is 27.0 Å². The number of rotatable bonds is 5. The third kappa shape index (κ3) is 2.99. The molecule has 0 atom stereocenters. The van der Waals surface area contributed by atoms with E-state index in [4.69, 9.17) is 0 Å². The summed E-state index contributed by atoms with van der Waals surface area (Å²) in [5, 5.41) is 4.14. The number of Topliss-reactive ketones (excluding diaryl/α,β-unsaturated/α-hetero) is 1. The number of hydrogen-bond donors (Lipinski definition) is 0. The summed E-state index contributed by atoms with van der Waals surface area (Å²) in [5.74, 6) is 0.164. The van der Waals surface area contributed by atoms with Gasteiger partial charge in [0.2, 0.25) is 0 Å². The minimum Gasteiger partial charge on any atom is -0.351 e. The molecule has 5 heteroatoms. The van der Waals surface area contributed by atoms with Crippen molar-refractivity contribution in [3.8, 4) is 0 Å². The lowest BCUT2D eigenvalue weighted by Gasteiger charge is -2.14. The number of hydrogen-bond acceptors (Lipinski definition) is 3. The van der Waals surface area contributed by atoms with Gasteiger partial charge in [-0.3, -0.25) is 14.4 Å². The van der Waals surface area contributed by atoms with E-state index in [-0.39, 0.29) is 5.78 Å². The maximum Gasteiger partial charge on any atom is 0.178 e. The fourth-order valence-corrected chi connectivity index (χ4v) is 2.39. The molecule has 0 bridgehead atoms. The van der Waals surface area contributed by atoms with E-state index in [0.717, 1.165) is 29.1 Å². The van der Waals surface area contributed by atoms with Gasteiger partial charge in [-0.25, -0.2) is 0 Å². The molecular formula is C15H22N4O. The third-order valence-corrected chi connectivity index (χ3v) is 3.70. The highest BCUT2D eigenvalue weighted by molar-refractivity contribution is 5.99. The van der Waals surface area contributed by atoms with Gasteiger partial charge in [0.05, 0.1) is 12.7 Å². The van der Waals surface area contributed by atoms with E-state index in [1.54, 1.807) is 4.68 Å². The SMILES string of the molecule is Cc1cc(C(=O)CN(C)Cc2cnn(C)c2)c(C)n1C. The lowest BCUT2D eigenvalue weighted by atomic mass is 10.1. The maximum atomic E-state index is 12.4. The van der Waals surface area contributed by atoms with Gasteiger partial charge in [-0.15, -0.1) is 0 Å². The quantitative estimate of drug-likeness (QED) is 0.779. The summed E-state index contributed by atoms with van der Waals surface area (Å²) in [6.07, 6.45) is 3.80. The molecule has 0 spiro atoms. The second-order valence-electron chi connectivity index (χ2n) is 5.46. The molecule has 0 aliphatic rings. The highest BCUT2D eigenvalue weighted by Gasteiger charge is 2.16. The van der Waals surface area contributed by atoms with Crippen molar-refractivity contribution in [2.75, 3.05) is 13.6 Å². The molecule has 2 aromatic rings. The largest absolute Gasteiger partial charge is 0.351 e. The summed E-state index contributed by atoms with van der Waals surface area (Å²) in [4.78, 5) is 14.4. The first-order valence-electron chi connectivity index (χ1n) is 6.70. The van der Waals surface area contributed by atoms with Crippen LogP contribution in [0.5, 0.6) is 0 Å². The molecule has 20 heavy (non-hydrogen) atoms. The average molecular weight is 274 g/mol. The number of aromatic nitrogens is 3. The summed E-state index contributed by atoms with van der Waals surface area (Å²) < 4.78 is 3.82. The van der Waals surface area contributed by atoms with Crippen molar-refractivity contribution in [2.24, 2.45) is 14.1 Å². The Labute approximate surface area is 119 Å². The van der Waals surface area contributed by atoms with Crippen LogP contribution < -0.4 is 0 Å². The molecule has 108 valence electrons. The van der Waals surface area contributed by atoms with Gasteiger partial charge in [0.1, 0.15) is 0 Å². The molecule has 5 nitrogen and oxygen atoms in total. The predicted octanol–water partition coefficient (Wildman–Crippen LogP) is 1.69. The third-order valence-electron chi connectivity index (χ3n) is 3.70. The van der Waals surface area contributed by atoms with Crippen LogP contribution >= 0.6 is 0 Å². The van der Waals surface area contributed by atoms with Crippen LogP contribution in [-0.2, 0) is 20.6 Å². The van der Waals surface area contributed by atoms with Crippen molar-refractivity contribution in [1.82, 2.24) is 19.2 Å². The lowest BCUT2D eigenvalue weighted by molar-refractivity contribution is 0.0942. The van der Waals surface area contributed by atoms with Gasteiger partial charge in [0.25, 0.3) is 0 Å². The molecule has 0 unspecified atom stereocenters. The zero-order valence-electron chi connectivity index (χ0n) is 12.8. The van der Waals surface area contributed by atoms with Crippen molar-refractivity contribution in [1.29, 1.82) is 0 Å². The second-order valence-corrected chi connectivity index (χ2v) is 5.46. The van der Waals surface area contributed by atoms with Gasteiger partial charge >= 0.3 is 0 Å². The molecule has 2 heterocycles. The molecule has 0 N–H and O–H groups in total. The smallest absolute Gasteiger partial charge is 0.178 e. The fraction of sp³-hybridized carbons (Fsp3) is 0.467. The Morgan fingerprint density at radius 3 is 2.55 bits per heavy atom. The topological polar surface area (TPSA) is 43.1 Å². The zero-order valence-corrected chi connectivity index (χ0v) is 12.8. The monoisotopic (exact) mass is 274 g/mol. The van der Waals surface area contributed by atoms with Crippen LogP contribution in [0.15, 0.2) is 18.5 Å². The van der Waals surface area contributed by atoms with Crippen molar-refractivity contribution in [3.05, 3.63) is 41.0 Å². The molecule has 0 saturated heterocycles. The minimum absolute atomic E-state index is 0.164. The van der Waals surface area contributed by atoms with E-state index in [9.17, 15) is 4.79 Å². The first-order valence-corrected chi connectivity index (χ1v) is 6.70.